The normalized spacial score (nSPS) is 25.9. The van der Waals surface area contributed by atoms with Crippen LogP contribution in [0.1, 0.15) is 31.7 Å². The fourth-order valence-electron chi connectivity index (χ4n) is 2.67. The van der Waals surface area contributed by atoms with Crippen LogP contribution in [0.25, 0.3) is 0 Å². The Kier molecular flexibility index (Phi) is 3.13. The molecule has 0 spiro atoms. The molecule has 0 N–H and O–H groups in total. The molecule has 1 saturated heterocycles. The van der Waals surface area contributed by atoms with Gasteiger partial charge in [-0.05, 0) is 38.2 Å². The van der Waals surface area contributed by atoms with Crippen LogP contribution in [-0.2, 0) is 0 Å². The van der Waals surface area contributed by atoms with Crippen molar-refractivity contribution >= 4 is 5.95 Å². The summed E-state index contributed by atoms with van der Waals surface area (Å²) in [5.74, 6) is 2.40. The highest BCUT2D eigenvalue weighted by Crippen LogP contribution is 2.24. The Morgan fingerprint density at radius 3 is 2.06 bits per heavy atom. The summed E-state index contributed by atoms with van der Waals surface area (Å²) in [6.07, 6.45) is 1.32. The highest BCUT2D eigenvalue weighted by atomic mass is 15.3. The Bertz CT molecular complexity index is 345. The second-order valence-electron chi connectivity index (χ2n) is 5.30. The molecule has 1 aromatic heterocycles. The molecule has 1 fully saturated rings. The molecule has 0 bridgehead atoms. The first-order chi connectivity index (χ1) is 7.54. The van der Waals surface area contributed by atoms with Gasteiger partial charge in [0, 0.05) is 24.5 Å². The van der Waals surface area contributed by atoms with Gasteiger partial charge < -0.3 is 4.90 Å². The van der Waals surface area contributed by atoms with E-state index in [1.807, 2.05) is 19.9 Å². The van der Waals surface area contributed by atoms with Crippen LogP contribution in [0.5, 0.6) is 0 Å². The third-order valence-corrected chi connectivity index (χ3v) is 3.12. The molecule has 2 heterocycles. The van der Waals surface area contributed by atoms with Gasteiger partial charge in [-0.2, -0.15) is 0 Å². The van der Waals surface area contributed by atoms with Crippen molar-refractivity contribution in [3.05, 3.63) is 17.5 Å². The SMILES string of the molecule is Cc1cc(C)nc(N2CC(C)CC(C)C2)n1. The van der Waals surface area contributed by atoms with Gasteiger partial charge in [-0.3, -0.25) is 0 Å². The summed E-state index contributed by atoms with van der Waals surface area (Å²) in [6, 6.07) is 2.03. The minimum atomic E-state index is 0.744. The summed E-state index contributed by atoms with van der Waals surface area (Å²) in [6.45, 7) is 10.9. The van der Waals surface area contributed by atoms with E-state index in [4.69, 9.17) is 0 Å². The topological polar surface area (TPSA) is 29.0 Å². The summed E-state index contributed by atoms with van der Waals surface area (Å²) in [4.78, 5) is 11.4. The summed E-state index contributed by atoms with van der Waals surface area (Å²) < 4.78 is 0. The van der Waals surface area contributed by atoms with Gasteiger partial charge in [-0.1, -0.05) is 13.8 Å². The van der Waals surface area contributed by atoms with Crippen molar-refractivity contribution in [2.45, 2.75) is 34.1 Å². The lowest BCUT2D eigenvalue weighted by Gasteiger charge is -2.35. The number of rotatable bonds is 1. The fraction of sp³-hybridized carbons (Fsp3) is 0.692. The van der Waals surface area contributed by atoms with Gasteiger partial charge in [0.15, 0.2) is 0 Å². The van der Waals surface area contributed by atoms with Crippen LogP contribution in [0, 0.1) is 25.7 Å². The number of hydrogen-bond donors (Lipinski definition) is 0. The summed E-state index contributed by atoms with van der Waals surface area (Å²) in [7, 11) is 0. The monoisotopic (exact) mass is 219 g/mol. The third-order valence-electron chi connectivity index (χ3n) is 3.12. The smallest absolute Gasteiger partial charge is 0.225 e. The lowest BCUT2D eigenvalue weighted by molar-refractivity contribution is 0.353. The van der Waals surface area contributed by atoms with E-state index in [1.165, 1.54) is 6.42 Å². The Morgan fingerprint density at radius 2 is 1.56 bits per heavy atom. The summed E-state index contributed by atoms with van der Waals surface area (Å²) >= 11 is 0. The fourth-order valence-corrected chi connectivity index (χ4v) is 2.67. The highest BCUT2D eigenvalue weighted by Gasteiger charge is 2.23. The van der Waals surface area contributed by atoms with Gasteiger partial charge in [0.05, 0.1) is 0 Å². The van der Waals surface area contributed by atoms with Crippen LogP contribution < -0.4 is 4.90 Å². The van der Waals surface area contributed by atoms with E-state index in [2.05, 4.69) is 28.7 Å². The zero-order chi connectivity index (χ0) is 11.7. The third kappa shape index (κ3) is 2.52. The molecule has 1 aliphatic rings. The van der Waals surface area contributed by atoms with Crippen molar-refractivity contribution in [2.24, 2.45) is 11.8 Å². The molecule has 3 heteroatoms. The maximum Gasteiger partial charge on any atom is 0.225 e. The van der Waals surface area contributed by atoms with E-state index < -0.39 is 0 Å². The lowest BCUT2D eigenvalue weighted by Crippen LogP contribution is -2.39. The largest absolute Gasteiger partial charge is 0.340 e. The maximum absolute atomic E-state index is 4.54. The number of aromatic nitrogens is 2. The predicted molar refractivity (Wildman–Crippen MR) is 66.7 cm³/mol. The van der Waals surface area contributed by atoms with Crippen molar-refractivity contribution in [3.63, 3.8) is 0 Å². The molecule has 2 unspecified atom stereocenters. The van der Waals surface area contributed by atoms with Crippen LogP contribution in [0.15, 0.2) is 6.07 Å². The Balaban J connectivity index is 2.22. The average Bonchev–Trinajstić information content (AvgIpc) is 2.14. The van der Waals surface area contributed by atoms with E-state index in [0.717, 1.165) is 42.3 Å². The van der Waals surface area contributed by atoms with E-state index in [0.29, 0.717) is 0 Å². The zero-order valence-corrected chi connectivity index (χ0v) is 10.7. The minimum absolute atomic E-state index is 0.744. The number of anilines is 1. The van der Waals surface area contributed by atoms with E-state index in [9.17, 15) is 0 Å². The first-order valence-corrected chi connectivity index (χ1v) is 6.12. The van der Waals surface area contributed by atoms with Crippen molar-refractivity contribution in [3.8, 4) is 0 Å². The number of aryl methyl sites for hydroxylation is 2. The van der Waals surface area contributed by atoms with Gasteiger partial charge in [0.25, 0.3) is 0 Å². The Hall–Kier alpha value is -1.12. The molecule has 0 aromatic carbocycles. The molecular weight excluding hydrogens is 198 g/mol. The number of hydrogen-bond acceptors (Lipinski definition) is 3. The van der Waals surface area contributed by atoms with Gasteiger partial charge in [0.2, 0.25) is 5.95 Å². The summed E-state index contributed by atoms with van der Waals surface area (Å²) in [5, 5.41) is 0. The van der Waals surface area contributed by atoms with Crippen LogP contribution >= 0.6 is 0 Å². The molecule has 0 amide bonds. The van der Waals surface area contributed by atoms with Gasteiger partial charge in [0.1, 0.15) is 0 Å². The molecule has 88 valence electrons. The van der Waals surface area contributed by atoms with Gasteiger partial charge in [-0.15, -0.1) is 0 Å². The Morgan fingerprint density at radius 1 is 1.06 bits per heavy atom. The zero-order valence-electron chi connectivity index (χ0n) is 10.7. The number of nitrogens with zero attached hydrogens (tertiary/aromatic N) is 3. The molecule has 1 aromatic rings. The van der Waals surface area contributed by atoms with E-state index in [1.54, 1.807) is 0 Å². The molecule has 1 aliphatic heterocycles. The van der Waals surface area contributed by atoms with Gasteiger partial charge in [-0.25, -0.2) is 9.97 Å². The maximum atomic E-state index is 4.54. The van der Waals surface area contributed by atoms with Crippen molar-refractivity contribution in [1.82, 2.24) is 9.97 Å². The molecule has 0 saturated carbocycles. The van der Waals surface area contributed by atoms with Crippen LogP contribution in [0.4, 0.5) is 5.95 Å². The van der Waals surface area contributed by atoms with Crippen molar-refractivity contribution in [2.75, 3.05) is 18.0 Å². The first kappa shape index (κ1) is 11.4. The van der Waals surface area contributed by atoms with E-state index in [-0.39, 0.29) is 0 Å². The highest BCUT2D eigenvalue weighted by molar-refractivity contribution is 5.33. The number of piperidine rings is 1. The lowest BCUT2D eigenvalue weighted by atomic mass is 9.92. The second-order valence-corrected chi connectivity index (χ2v) is 5.30. The Labute approximate surface area is 97.9 Å². The molecule has 3 nitrogen and oxygen atoms in total. The van der Waals surface area contributed by atoms with Crippen LogP contribution in [-0.4, -0.2) is 23.1 Å². The second kappa shape index (κ2) is 4.40. The predicted octanol–water partition coefficient (Wildman–Crippen LogP) is 2.58. The molecular formula is C13H21N3. The van der Waals surface area contributed by atoms with Crippen LogP contribution in [0.2, 0.25) is 0 Å². The molecule has 2 rings (SSSR count). The quantitative estimate of drug-likeness (QED) is 0.727. The van der Waals surface area contributed by atoms with Gasteiger partial charge >= 0.3 is 0 Å². The average molecular weight is 219 g/mol. The van der Waals surface area contributed by atoms with Crippen molar-refractivity contribution in [1.29, 1.82) is 0 Å². The molecule has 0 aliphatic carbocycles. The molecule has 2 atom stereocenters. The molecule has 0 radical (unpaired) electrons. The van der Waals surface area contributed by atoms with Crippen LogP contribution in [0.3, 0.4) is 0 Å². The van der Waals surface area contributed by atoms with E-state index >= 15 is 0 Å². The standard InChI is InChI=1S/C13H21N3/c1-9-5-10(2)8-16(7-9)13-14-11(3)6-12(4)15-13/h6,9-10H,5,7-8H2,1-4H3. The van der Waals surface area contributed by atoms with Crippen molar-refractivity contribution < 1.29 is 0 Å². The minimum Gasteiger partial charge on any atom is -0.340 e. The summed E-state index contributed by atoms with van der Waals surface area (Å²) in [5.41, 5.74) is 2.13. The first-order valence-electron chi connectivity index (χ1n) is 6.12. The molecule has 16 heavy (non-hydrogen) atoms.